The maximum atomic E-state index is 13.3. The first kappa shape index (κ1) is 32.0. The number of anilines is 3. The molecule has 3 aromatic rings. The molecule has 45 heavy (non-hydrogen) atoms. The van der Waals surface area contributed by atoms with E-state index in [0.29, 0.717) is 18.2 Å². The van der Waals surface area contributed by atoms with Crippen molar-refractivity contribution in [3.05, 3.63) is 71.2 Å². The quantitative estimate of drug-likeness (QED) is 0.269. The molecular weight excluding hydrogens is 570 g/mol. The Morgan fingerprint density at radius 3 is 2.58 bits per heavy atom. The van der Waals surface area contributed by atoms with Gasteiger partial charge in [0.25, 0.3) is 0 Å². The van der Waals surface area contributed by atoms with Crippen molar-refractivity contribution in [3.8, 4) is 0 Å². The Morgan fingerprint density at radius 2 is 1.89 bits per heavy atom. The lowest BCUT2D eigenvalue weighted by Crippen LogP contribution is -2.57. The van der Waals surface area contributed by atoms with Crippen LogP contribution in [0.25, 0.3) is 0 Å². The van der Waals surface area contributed by atoms with Crippen molar-refractivity contribution >= 4 is 29.5 Å². The number of piperidine rings is 1. The predicted octanol–water partition coefficient (Wildman–Crippen LogP) is 5.48. The number of carbonyl (C=O) groups excluding carboxylic acids is 1. The number of carboxylic acids is 1. The molecule has 2 aliphatic rings. The second kappa shape index (κ2) is 14.1. The maximum Gasteiger partial charge on any atom is 0.411 e. The van der Waals surface area contributed by atoms with E-state index in [1.807, 2.05) is 37.3 Å². The third kappa shape index (κ3) is 7.64. The van der Waals surface area contributed by atoms with Crippen LogP contribution in [0.5, 0.6) is 0 Å². The Balaban J connectivity index is 1.26. The molecule has 1 fully saturated rings. The number of ether oxygens (including phenoxy) is 1. The zero-order valence-corrected chi connectivity index (χ0v) is 26.8. The number of nitrogens with zero attached hydrogens (tertiary/aromatic N) is 5. The molecule has 1 amide bonds. The van der Waals surface area contributed by atoms with Gasteiger partial charge in [-0.05, 0) is 70.1 Å². The van der Waals surface area contributed by atoms with Crippen molar-refractivity contribution in [1.29, 1.82) is 0 Å². The normalized spacial score (nSPS) is 15.9. The van der Waals surface area contributed by atoms with Crippen LogP contribution in [0, 0.1) is 0 Å². The summed E-state index contributed by atoms with van der Waals surface area (Å²) in [6.07, 6.45) is 5.66. The molecule has 0 radical (unpaired) electrons. The number of aromatic nitrogens is 3. The molecule has 0 bridgehead atoms. The molecule has 1 aromatic carbocycles. The van der Waals surface area contributed by atoms with Crippen LogP contribution in [-0.2, 0) is 29.0 Å². The summed E-state index contributed by atoms with van der Waals surface area (Å²) in [5.74, 6) is 1.73. The Hall–Kier alpha value is -4.41. The SMILES string of the molecule is CCc1c(NC[C@@H](C(=O)O)N(C(=O)OCc2ccccc2)C(C)(C)C)ncnc1N1CCC(c2ccc3c(n2)NCCC3)CC1. The minimum atomic E-state index is -1.19. The molecule has 1 saturated heterocycles. The highest BCUT2D eigenvalue weighted by Crippen LogP contribution is 2.33. The smallest absolute Gasteiger partial charge is 0.411 e. The summed E-state index contributed by atoms with van der Waals surface area (Å²) in [6.45, 7) is 10.1. The van der Waals surface area contributed by atoms with Gasteiger partial charge in [-0.3, -0.25) is 4.90 Å². The van der Waals surface area contributed by atoms with Crippen molar-refractivity contribution in [1.82, 2.24) is 19.9 Å². The second-order valence-electron chi connectivity index (χ2n) is 12.7. The van der Waals surface area contributed by atoms with Gasteiger partial charge in [0, 0.05) is 48.9 Å². The summed E-state index contributed by atoms with van der Waals surface area (Å²) in [4.78, 5) is 43.5. The molecule has 11 heteroatoms. The lowest BCUT2D eigenvalue weighted by atomic mass is 9.92. The summed E-state index contributed by atoms with van der Waals surface area (Å²) in [5, 5.41) is 16.9. The fraction of sp³-hybridized carbons (Fsp3) is 0.500. The Bertz CT molecular complexity index is 1470. The van der Waals surface area contributed by atoms with Crippen LogP contribution in [0.1, 0.15) is 75.3 Å². The number of carbonyl (C=O) groups is 2. The van der Waals surface area contributed by atoms with Crippen LogP contribution >= 0.6 is 0 Å². The van der Waals surface area contributed by atoms with E-state index in [9.17, 15) is 14.7 Å². The zero-order chi connectivity index (χ0) is 32.0. The lowest BCUT2D eigenvalue weighted by molar-refractivity contribution is -0.144. The zero-order valence-electron chi connectivity index (χ0n) is 26.8. The number of benzene rings is 1. The summed E-state index contributed by atoms with van der Waals surface area (Å²) in [6, 6.07) is 12.5. The van der Waals surface area contributed by atoms with E-state index in [-0.39, 0.29) is 13.2 Å². The summed E-state index contributed by atoms with van der Waals surface area (Å²) in [7, 11) is 0. The minimum Gasteiger partial charge on any atom is -0.480 e. The molecule has 0 aliphatic carbocycles. The maximum absolute atomic E-state index is 13.3. The average molecular weight is 616 g/mol. The highest BCUT2D eigenvalue weighted by molar-refractivity contribution is 5.81. The fourth-order valence-electron chi connectivity index (χ4n) is 6.25. The first-order chi connectivity index (χ1) is 21.7. The lowest BCUT2D eigenvalue weighted by Gasteiger charge is -2.39. The third-order valence-electron chi connectivity index (χ3n) is 8.59. The van der Waals surface area contributed by atoms with Crippen molar-refractivity contribution < 1.29 is 19.4 Å². The molecule has 3 N–H and O–H groups in total. The predicted molar refractivity (Wildman–Crippen MR) is 175 cm³/mol. The van der Waals surface area contributed by atoms with Gasteiger partial charge in [-0.25, -0.2) is 24.5 Å². The summed E-state index contributed by atoms with van der Waals surface area (Å²) in [5.41, 5.74) is 3.39. The first-order valence-corrected chi connectivity index (χ1v) is 15.9. The van der Waals surface area contributed by atoms with E-state index in [0.717, 1.165) is 73.8 Å². The van der Waals surface area contributed by atoms with Crippen LogP contribution in [0.3, 0.4) is 0 Å². The molecule has 0 saturated carbocycles. The van der Waals surface area contributed by atoms with E-state index in [1.54, 1.807) is 20.8 Å². The molecular formula is C34H45N7O4. The van der Waals surface area contributed by atoms with Gasteiger partial charge in [-0.1, -0.05) is 43.3 Å². The number of hydrogen-bond acceptors (Lipinski definition) is 9. The number of aryl methyl sites for hydroxylation is 1. The number of aliphatic carboxylic acids is 1. The van der Waals surface area contributed by atoms with E-state index in [2.05, 4.69) is 37.6 Å². The highest BCUT2D eigenvalue weighted by atomic mass is 16.6. The van der Waals surface area contributed by atoms with Crippen molar-refractivity contribution in [2.75, 3.05) is 41.7 Å². The molecule has 11 nitrogen and oxygen atoms in total. The molecule has 0 spiro atoms. The van der Waals surface area contributed by atoms with Gasteiger partial charge in [0.2, 0.25) is 0 Å². The number of carboxylic acid groups (broad SMARTS) is 1. The first-order valence-electron chi connectivity index (χ1n) is 15.9. The minimum absolute atomic E-state index is 0.0450. The molecule has 2 aliphatic heterocycles. The summed E-state index contributed by atoms with van der Waals surface area (Å²) >= 11 is 0. The van der Waals surface area contributed by atoms with Gasteiger partial charge in [0.05, 0.1) is 0 Å². The molecule has 4 heterocycles. The second-order valence-corrected chi connectivity index (χ2v) is 12.7. The average Bonchev–Trinajstić information content (AvgIpc) is 3.05. The van der Waals surface area contributed by atoms with Crippen LogP contribution in [0.4, 0.5) is 22.2 Å². The Labute approximate surface area is 265 Å². The van der Waals surface area contributed by atoms with Crippen molar-refractivity contribution in [3.63, 3.8) is 0 Å². The molecule has 0 unspecified atom stereocenters. The van der Waals surface area contributed by atoms with Gasteiger partial charge in [-0.15, -0.1) is 0 Å². The number of pyridine rings is 1. The number of fused-ring (bicyclic) bond motifs is 1. The topological polar surface area (TPSA) is 133 Å². The van der Waals surface area contributed by atoms with E-state index in [1.165, 1.54) is 16.8 Å². The van der Waals surface area contributed by atoms with Crippen LogP contribution < -0.4 is 15.5 Å². The number of amides is 1. The van der Waals surface area contributed by atoms with Gasteiger partial charge in [0.1, 0.15) is 30.4 Å². The van der Waals surface area contributed by atoms with Crippen LogP contribution in [0.2, 0.25) is 0 Å². The molecule has 2 aromatic heterocycles. The number of rotatable bonds is 10. The summed E-state index contributed by atoms with van der Waals surface area (Å²) < 4.78 is 5.57. The monoisotopic (exact) mass is 615 g/mol. The highest BCUT2D eigenvalue weighted by Gasteiger charge is 2.39. The Kier molecular flexibility index (Phi) is 10.0. The van der Waals surface area contributed by atoms with Crippen molar-refractivity contribution in [2.45, 2.75) is 83.9 Å². The van der Waals surface area contributed by atoms with Crippen LogP contribution in [-0.4, -0.2) is 74.8 Å². The van der Waals surface area contributed by atoms with Crippen molar-refractivity contribution in [2.24, 2.45) is 0 Å². The van der Waals surface area contributed by atoms with Gasteiger partial charge < -0.3 is 25.4 Å². The standard InChI is InChI=1S/C34H45N7O4/c1-5-26-30(36-20-28(32(42)43)41(34(2,3)4)33(44)45-21-23-10-7-6-8-11-23)37-22-38-31(26)40-18-15-24(16-19-40)27-14-13-25-12-9-17-35-29(25)39-27/h6-8,10-11,13-14,22,24,28H,5,9,12,15-21H2,1-4H3,(H,35,39)(H,42,43)(H,36,37,38)/t28-/m0/s1. The largest absolute Gasteiger partial charge is 0.480 e. The van der Waals surface area contributed by atoms with Gasteiger partial charge in [0.15, 0.2) is 6.04 Å². The van der Waals surface area contributed by atoms with E-state index in [4.69, 9.17) is 9.72 Å². The molecule has 5 rings (SSSR count). The fourth-order valence-corrected chi connectivity index (χ4v) is 6.25. The Morgan fingerprint density at radius 1 is 1.13 bits per heavy atom. The van der Waals surface area contributed by atoms with E-state index < -0.39 is 23.6 Å². The van der Waals surface area contributed by atoms with Gasteiger partial charge >= 0.3 is 12.1 Å². The van der Waals surface area contributed by atoms with Gasteiger partial charge in [-0.2, -0.15) is 0 Å². The molecule has 1 atom stereocenters. The third-order valence-corrected chi connectivity index (χ3v) is 8.59. The molecule has 240 valence electrons. The van der Waals surface area contributed by atoms with E-state index >= 15 is 0 Å². The van der Waals surface area contributed by atoms with Crippen LogP contribution in [0.15, 0.2) is 48.8 Å². The number of nitrogens with one attached hydrogen (secondary N) is 2. The number of hydrogen-bond donors (Lipinski definition) is 3.